The molecule has 0 aliphatic carbocycles. The molecule has 0 spiro atoms. The van der Waals surface area contributed by atoms with Crippen molar-refractivity contribution in [3.8, 4) is 0 Å². The van der Waals surface area contributed by atoms with Gasteiger partial charge in [-0.15, -0.1) is 0 Å². The van der Waals surface area contributed by atoms with E-state index in [-0.39, 0.29) is 11.7 Å². The van der Waals surface area contributed by atoms with Crippen molar-refractivity contribution >= 4 is 11.7 Å². The molecule has 82 valence electrons. The lowest BCUT2D eigenvalue weighted by molar-refractivity contribution is 0.0946. The number of nitrogens with one attached hydrogen (secondary N) is 1. The maximum absolute atomic E-state index is 11.5. The number of hydrogen-bond donors (Lipinski definition) is 3. The van der Waals surface area contributed by atoms with Gasteiger partial charge in [-0.2, -0.15) is 0 Å². The van der Waals surface area contributed by atoms with Crippen LogP contribution in [0, 0.1) is 0 Å². The lowest BCUT2D eigenvalue weighted by atomic mass is 10.3. The van der Waals surface area contributed by atoms with E-state index in [1.165, 1.54) is 6.20 Å². The molecule has 1 amide bonds. The number of aryl methyl sites for hydroxylation is 1. The molecule has 0 aliphatic rings. The fourth-order valence-corrected chi connectivity index (χ4v) is 1.02. The molecule has 0 bridgehead atoms. The average molecular weight is 211 g/mol. The maximum atomic E-state index is 11.5. The lowest BCUT2D eigenvalue weighted by Crippen LogP contribution is -2.29. The van der Waals surface area contributed by atoms with Crippen molar-refractivity contribution in [2.75, 3.05) is 6.54 Å². The third-order valence-corrected chi connectivity index (χ3v) is 1.84. The normalized spacial score (nSPS) is 11.4. The summed E-state index contributed by atoms with van der Waals surface area (Å²) < 4.78 is 1.61. The van der Waals surface area contributed by atoms with Crippen LogP contribution < -0.4 is 11.1 Å². The summed E-state index contributed by atoms with van der Waals surface area (Å²) >= 11 is 0. The predicted octanol–water partition coefficient (Wildman–Crippen LogP) is -0.714. The van der Waals surface area contributed by atoms with Crippen LogP contribution in [0.2, 0.25) is 0 Å². The number of amides is 1. The zero-order chi connectivity index (χ0) is 11.3. The fourth-order valence-electron chi connectivity index (χ4n) is 1.02. The highest BCUT2D eigenvalue weighted by atomic mass is 16.4. The van der Waals surface area contributed by atoms with Gasteiger partial charge in [0.25, 0.3) is 5.91 Å². The third-order valence-electron chi connectivity index (χ3n) is 1.84. The molecule has 0 saturated heterocycles. The van der Waals surface area contributed by atoms with Gasteiger partial charge in [0.2, 0.25) is 0 Å². The molecule has 15 heavy (non-hydrogen) atoms. The molecule has 0 saturated carbocycles. The Kier molecular flexibility index (Phi) is 3.67. The molecule has 0 aromatic carbocycles. The van der Waals surface area contributed by atoms with Crippen LogP contribution in [0.5, 0.6) is 0 Å². The van der Waals surface area contributed by atoms with Gasteiger partial charge in [0, 0.05) is 20.0 Å². The molecule has 0 aliphatic heterocycles. The molecular formula is C8H13N5O2. The second kappa shape index (κ2) is 4.99. The molecule has 0 radical (unpaired) electrons. The Labute approximate surface area is 86.6 Å². The fraction of sp³-hybridized carbons (Fsp3) is 0.375. The molecule has 0 atom stereocenters. The van der Waals surface area contributed by atoms with E-state index < -0.39 is 0 Å². The summed E-state index contributed by atoms with van der Waals surface area (Å²) in [7, 11) is 1.73. The first kappa shape index (κ1) is 11.0. The predicted molar refractivity (Wildman–Crippen MR) is 53.6 cm³/mol. The van der Waals surface area contributed by atoms with Gasteiger partial charge in [-0.3, -0.25) is 4.79 Å². The molecular weight excluding hydrogens is 198 g/mol. The SMILES string of the molecule is Cn1cncc1C(=O)NCC/C(N)=N/O. The molecule has 1 aromatic rings. The van der Waals surface area contributed by atoms with Crippen LogP contribution >= 0.6 is 0 Å². The topological polar surface area (TPSA) is 106 Å². The van der Waals surface area contributed by atoms with Crippen molar-refractivity contribution in [2.24, 2.45) is 17.9 Å². The van der Waals surface area contributed by atoms with Crippen LogP contribution in [-0.2, 0) is 7.05 Å². The summed E-state index contributed by atoms with van der Waals surface area (Å²) in [6.07, 6.45) is 3.32. The van der Waals surface area contributed by atoms with Crippen molar-refractivity contribution in [1.29, 1.82) is 0 Å². The minimum atomic E-state index is -0.235. The highest BCUT2D eigenvalue weighted by molar-refractivity contribution is 5.92. The maximum Gasteiger partial charge on any atom is 0.269 e. The Hall–Kier alpha value is -2.05. The zero-order valence-corrected chi connectivity index (χ0v) is 8.34. The van der Waals surface area contributed by atoms with Gasteiger partial charge in [0.1, 0.15) is 11.5 Å². The van der Waals surface area contributed by atoms with Crippen LogP contribution in [0.1, 0.15) is 16.9 Å². The number of carbonyl (C=O) groups is 1. The van der Waals surface area contributed by atoms with Gasteiger partial charge >= 0.3 is 0 Å². The molecule has 7 nitrogen and oxygen atoms in total. The molecule has 7 heteroatoms. The standard InChI is InChI=1S/C8H13N5O2/c1-13-5-10-4-6(13)8(14)11-3-2-7(9)12-15/h4-5,15H,2-3H2,1H3,(H2,9,12)(H,11,14). The van der Waals surface area contributed by atoms with Gasteiger partial charge < -0.3 is 20.8 Å². The first-order valence-corrected chi connectivity index (χ1v) is 4.36. The van der Waals surface area contributed by atoms with Crippen LogP contribution in [0.3, 0.4) is 0 Å². The van der Waals surface area contributed by atoms with Gasteiger partial charge in [0.15, 0.2) is 0 Å². The Morgan fingerprint density at radius 3 is 3.07 bits per heavy atom. The number of rotatable bonds is 4. The molecule has 1 heterocycles. The van der Waals surface area contributed by atoms with Crippen molar-refractivity contribution in [2.45, 2.75) is 6.42 Å². The van der Waals surface area contributed by atoms with E-state index in [2.05, 4.69) is 15.5 Å². The number of oxime groups is 1. The number of imidazole rings is 1. The highest BCUT2D eigenvalue weighted by Gasteiger charge is 2.08. The van der Waals surface area contributed by atoms with Crippen LogP contribution in [0.25, 0.3) is 0 Å². The van der Waals surface area contributed by atoms with Crippen LogP contribution in [0.15, 0.2) is 17.7 Å². The van der Waals surface area contributed by atoms with Crippen LogP contribution in [0.4, 0.5) is 0 Å². The van der Waals surface area contributed by atoms with E-state index in [4.69, 9.17) is 10.9 Å². The molecule has 4 N–H and O–H groups in total. The van der Waals surface area contributed by atoms with Crippen molar-refractivity contribution in [3.05, 3.63) is 18.2 Å². The first-order chi connectivity index (χ1) is 7.15. The van der Waals surface area contributed by atoms with Gasteiger partial charge in [0.05, 0.1) is 12.5 Å². The van der Waals surface area contributed by atoms with Gasteiger partial charge in [-0.25, -0.2) is 4.98 Å². The van der Waals surface area contributed by atoms with Gasteiger partial charge in [-0.1, -0.05) is 5.16 Å². The van der Waals surface area contributed by atoms with Crippen molar-refractivity contribution in [1.82, 2.24) is 14.9 Å². The number of nitrogens with two attached hydrogens (primary N) is 1. The summed E-state index contributed by atoms with van der Waals surface area (Å²) in [4.78, 5) is 15.3. The third kappa shape index (κ3) is 2.97. The molecule has 1 rings (SSSR count). The Bertz CT molecular complexity index is 371. The Morgan fingerprint density at radius 1 is 1.80 bits per heavy atom. The number of carbonyl (C=O) groups excluding carboxylic acids is 1. The Balaban J connectivity index is 2.41. The smallest absolute Gasteiger partial charge is 0.269 e. The van der Waals surface area contributed by atoms with Crippen LogP contribution in [-0.4, -0.2) is 33.0 Å². The van der Waals surface area contributed by atoms with E-state index in [0.29, 0.717) is 18.7 Å². The summed E-state index contributed by atoms with van der Waals surface area (Å²) in [5, 5.41) is 13.7. The summed E-state index contributed by atoms with van der Waals surface area (Å²) in [5.41, 5.74) is 5.71. The van der Waals surface area contributed by atoms with E-state index in [1.54, 1.807) is 17.9 Å². The average Bonchev–Trinajstić information content (AvgIpc) is 2.64. The summed E-state index contributed by atoms with van der Waals surface area (Å²) in [5.74, 6) is -0.152. The summed E-state index contributed by atoms with van der Waals surface area (Å²) in [6.45, 7) is 0.319. The number of aromatic nitrogens is 2. The monoisotopic (exact) mass is 211 g/mol. The minimum absolute atomic E-state index is 0.0836. The molecule has 0 unspecified atom stereocenters. The number of hydrogen-bond acceptors (Lipinski definition) is 4. The van der Waals surface area contributed by atoms with E-state index >= 15 is 0 Å². The lowest BCUT2D eigenvalue weighted by Gasteiger charge is -2.04. The van der Waals surface area contributed by atoms with Crippen molar-refractivity contribution < 1.29 is 10.0 Å². The van der Waals surface area contributed by atoms with Crippen molar-refractivity contribution in [3.63, 3.8) is 0 Å². The zero-order valence-electron chi connectivity index (χ0n) is 8.34. The quantitative estimate of drug-likeness (QED) is 0.264. The highest BCUT2D eigenvalue weighted by Crippen LogP contribution is 1.95. The second-order valence-electron chi connectivity index (χ2n) is 2.99. The largest absolute Gasteiger partial charge is 0.409 e. The first-order valence-electron chi connectivity index (χ1n) is 4.36. The van der Waals surface area contributed by atoms with E-state index in [0.717, 1.165) is 0 Å². The number of amidine groups is 1. The Morgan fingerprint density at radius 2 is 2.53 bits per heavy atom. The van der Waals surface area contributed by atoms with Gasteiger partial charge in [-0.05, 0) is 0 Å². The second-order valence-corrected chi connectivity index (χ2v) is 2.99. The van der Waals surface area contributed by atoms with E-state index in [9.17, 15) is 4.79 Å². The summed E-state index contributed by atoms with van der Waals surface area (Å²) in [6, 6.07) is 0. The minimum Gasteiger partial charge on any atom is -0.409 e. The molecule has 0 fully saturated rings. The number of nitrogens with zero attached hydrogens (tertiary/aromatic N) is 3. The molecule has 1 aromatic heterocycles. The van der Waals surface area contributed by atoms with E-state index in [1.807, 2.05) is 0 Å².